The maximum Gasteiger partial charge on any atom is 0.146 e. The molecule has 1 aliphatic carbocycles. The fraction of sp³-hybridized carbons (Fsp3) is 0.409. The smallest absolute Gasteiger partial charge is 0.146 e. The van der Waals surface area contributed by atoms with Crippen LogP contribution in [0.15, 0.2) is 48.9 Å². The van der Waals surface area contributed by atoms with Crippen molar-refractivity contribution in [1.29, 1.82) is 0 Å². The minimum atomic E-state index is -0.584. The number of halogens is 1. The van der Waals surface area contributed by atoms with Gasteiger partial charge in [0.15, 0.2) is 0 Å². The van der Waals surface area contributed by atoms with E-state index in [0.29, 0.717) is 10.9 Å². The molecule has 2 heterocycles. The predicted octanol–water partition coefficient (Wildman–Crippen LogP) is 4.78. The maximum atomic E-state index is 10.0. The zero-order chi connectivity index (χ0) is 19.7. The third-order valence-corrected chi connectivity index (χ3v) is 5.58. The highest BCUT2D eigenvalue weighted by Crippen LogP contribution is 2.36. The van der Waals surface area contributed by atoms with Crippen LogP contribution in [-0.4, -0.2) is 38.7 Å². The Hall–Kier alpha value is -2.24. The molecule has 0 spiro atoms. The third kappa shape index (κ3) is 4.10. The van der Waals surface area contributed by atoms with Crippen LogP contribution in [0.4, 0.5) is 0 Å². The van der Waals surface area contributed by atoms with Gasteiger partial charge in [-0.15, -0.1) is 0 Å². The molecule has 2 aromatic rings. The van der Waals surface area contributed by atoms with Crippen molar-refractivity contribution < 1.29 is 9.84 Å². The lowest BCUT2D eigenvalue weighted by Crippen LogP contribution is -2.32. The summed E-state index contributed by atoms with van der Waals surface area (Å²) < 4.78 is 7.80. The molecular weight excluding hydrogens is 374 g/mol. The van der Waals surface area contributed by atoms with E-state index < -0.39 is 6.23 Å². The third-order valence-electron chi connectivity index (χ3n) is 5.27. The van der Waals surface area contributed by atoms with Gasteiger partial charge in [-0.1, -0.05) is 18.5 Å². The van der Waals surface area contributed by atoms with Crippen LogP contribution in [0.5, 0.6) is 5.75 Å². The number of ether oxygens (including phenoxy) is 1. The Morgan fingerprint density at radius 2 is 2.18 bits per heavy atom. The number of aliphatic hydroxyl groups excluding tert-OH is 1. The number of aromatic nitrogens is 2. The van der Waals surface area contributed by atoms with E-state index in [-0.39, 0.29) is 6.10 Å². The number of nitrogens with zero attached hydrogens (tertiary/aromatic N) is 3. The molecule has 28 heavy (non-hydrogen) atoms. The van der Waals surface area contributed by atoms with Gasteiger partial charge in [0.05, 0.1) is 23.0 Å². The summed E-state index contributed by atoms with van der Waals surface area (Å²) in [6.07, 6.45) is 12.5. The molecule has 2 atom stereocenters. The molecule has 0 radical (unpaired) electrons. The molecule has 0 amide bonds. The van der Waals surface area contributed by atoms with Gasteiger partial charge in [0.1, 0.15) is 12.0 Å². The van der Waals surface area contributed by atoms with Crippen LogP contribution in [0.3, 0.4) is 0 Å². The molecule has 2 unspecified atom stereocenters. The SMILES string of the molecule is CCCN1C=C(n2cc(-c3ccc(OC(C)C4CC4)cc3Cl)cn2)C=CC1O. The molecule has 0 bridgehead atoms. The second kappa shape index (κ2) is 8.02. The summed E-state index contributed by atoms with van der Waals surface area (Å²) in [4.78, 5) is 1.90. The van der Waals surface area contributed by atoms with Crippen molar-refractivity contribution in [2.45, 2.75) is 45.4 Å². The summed E-state index contributed by atoms with van der Waals surface area (Å²) in [6.45, 7) is 4.99. The summed E-state index contributed by atoms with van der Waals surface area (Å²) in [5, 5.41) is 15.2. The van der Waals surface area contributed by atoms with Crippen LogP contribution in [0.1, 0.15) is 33.1 Å². The maximum absolute atomic E-state index is 10.0. The molecule has 1 aromatic carbocycles. The second-order valence-electron chi connectivity index (χ2n) is 7.54. The van der Waals surface area contributed by atoms with Gasteiger partial charge in [-0.05, 0) is 62.5 Å². The van der Waals surface area contributed by atoms with Crippen molar-refractivity contribution in [2.75, 3.05) is 6.54 Å². The number of aliphatic hydroxyl groups is 1. The summed E-state index contributed by atoms with van der Waals surface area (Å²) in [7, 11) is 0. The Morgan fingerprint density at radius 3 is 2.89 bits per heavy atom. The Morgan fingerprint density at radius 1 is 1.36 bits per heavy atom. The first-order valence-electron chi connectivity index (χ1n) is 9.90. The fourth-order valence-corrected chi connectivity index (χ4v) is 3.74. The monoisotopic (exact) mass is 399 g/mol. The Bertz CT molecular complexity index is 901. The van der Waals surface area contributed by atoms with E-state index in [0.717, 1.165) is 35.5 Å². The molecule has 1 N–H and O–H groups in total. The molecule has 5 nitrogen and oxygen atoms in total. The first-order valence-corrected chi connectivity index (χ1v) is 10.3. The van der Waals surface area contributed by atoms with E-state index >= 15 is 0 Å². The molecular formula is C22H26ClN3O2. The average molecular weight is 400 g/mol. The quantitative estimate of drug-likeness (QED) is 0.727. The lowest BCUT2D eigenvalue weighted by atomic mass is 10.1. The first kappa shape index (κ1) is 19.1. The van der Waals surface area contributed by atoms with Gasteiger partial charge >= 0.3 is 0 Å². The summed E-state index contributed by atoms with van der Waals surface area (Å²) in [5.41, 5.74) is 2.76. The van der Waals surface area contributed by atoms with Crippen LogP contribution in [0.2, 0.25) is 5.02 Å². The minimum absolute atomic E-state index is 0.233. The predicted molar refractivity (Wildman–Crippen MR) is 112 cm³/mol. The van der Waals surface area contributed by atoms with Gasteiger partial charge in [0.2, 0.25) is 0 Å². The Balaban J connectivity index is 1.52. The van der Waals surface area contributed by atoms with Gasteiger partial charge < -0.3 is 14.7 Å². The second-order valence-corrected chi connectivity index (χ2v) is 7.95. The largest absolute Gasteiger partial charge is 0.490 e. The van der Waals surface area contributed by atoms with Gasteiger partial charge in [-0.25, -0.2) is 4.68 Å². The molecule has 1 aromatic heterocycles. The molecule has 148 valence electrons. The van der Waals surface area contributed by atoms with Gasteiger partial charge in [-0.3, -0.25) is 0 Å². The van der Waals surface area contributed by atoms with Crippen LogP contribution < -0.4 is 4.74 Å². The summed E-state index contributed by atoms with van der Waals surface area (Å²) in [6, 6.07) is 5.83. The highest BCUT2D eigenvalue weighted by atomic mass is 35.5. The minimum Gasteiger partial charge on any atom is -0.490 e. The molecule has 4 rings (SSSR count). The standard InChI is InChI=1S/C22H26ClN3O2/c1-3-10-25-14-18(6-9-22(25)27)26-13-17(12-24-26)20-8-7-19(11-21(20)23)28-15(2)16-4-5-16/h6-9,11-16,22,27H,3-5,10H2,1-2H3. The van der Waals surface area contributed by atoms with Crippen molar-refractivity contribution in [3.05, 3.63) is 54.0 Å². The van der Waals surface area contributed by atoms with Crippen LogP contribution in [0, 0.1) is 5.92 Å². The van der Waals surface area contributed by atoms with Crippen molar-refractivity contribution in [3.8, 4) is 16.9 Å². The molecule has 1 saturated carbocycles. The zero-order valence-corrected chi connectivity index (χ0v) is 17.0. The van der Waals surface area contributed by atoms with Crippen molar-refractivity contribution in [1.82, 2.24) is 14.7 Å². The number of allylic oxidation sites excluding steroid dienone is 2. The number of hydrogen-bond donors (Lipinski definition) is 1. The Labute approximate surface area is 170 Å². The molecule has 6 heteroatoms. The van der Waals surface area contributed by atoms with E-state index in [1.165, 1.54) is 12.8 Å². The van der Waals surface area contributed by atoms with Crippen molar-refractivity contribution in [3.63, 3.8) is 0 Å². The first-order chi connectivity index (χ1) is 13.5. The van der Waals surface area contributed by atoms with Crippen molar-refractivity contribution >= 4 is 17.3 Å². The summed E-state index contributed by atoms with van der Waals surface area (Å²) in [5.74, 6) is 1.49. The van der Waals surface area contributed by atoms with E-state index in [9.17, 15) is 5.11 Å². The lowest BCUT2D eigenvalue weighted by molar-refractivity contribution is 0.0780. The number of rotatable bonds is 7. The van der Waals surface area contributed by atoms with E-state index in [1.54, 1.807) is 17.0 Å². The molecule has 1 fully saturated rings. The van der Waals surface area contributed by atoms with Gasteiger partial charge in [0.25, 0.3) is 0 Å². The fourth-order valence-electron chi connectivity index (χ4n) is 3.46. The van der Waals surface area contributed by atoms with E-state index in [4.69, 9.17) is 16.3 Å². The number of benzene rings is 1. The topological polar surface area (TPSA) is 50.5 Å². The van der Waals surface area contributed by atoms with Gasteiger partial charge in [-0.2, -0.15) is 5.10 Å². The highest BCUT2D eigenvalue weighted by Gasteiger charge is 2.29. The van der Waals surface area contributed by atoms with E-state index in [1.807, 2.05) is 41.6 Å². The van der Waals surface area contributed by atoms with Crippen LogP contribution in [0.25, 0.3) is 16.8 Å². The van der Waals surface area contributed by atoms with Crippen molar-refractivity contribution in [2.24, 2.45) is 5.92 Å². The molecule has 2 aliphatic rings. The molecule has 0 saturated heterocycles. The van der Waals surface area contributed by atoms with Crippen LogP contribution >= 0.6 is 11.6 Å². The number of hydrogen-bond acceptors (Lipinski definition) is 4. The molecule has 1 aliphatic heterocycles. The van der Waals surface area contributed by atoms with Crippen LogP contribution in [-0.2, 0) is 0 Å². The normalized spacial score (nSPS) is 20.2. The summed E-state index contributed by atoms with van der Waals surface area (Å²) >= 11 is 6.53. The highest BCUT2D eigenvalue weighted by molar-refractivity contribution is 6.33. The van der Waals surface area contributed by atoms with E-state index in [2.05, 4.69) is 18.9 Å². The Kier molecular flexibility index (Phi) is 5.47. The average Bonchev–Trinajstić information content (AvgIpc) is 3.42. The zero-order valence-electron chi connectivity index (χ0n) is 16.3. The van der Waals surface area contributed by atoms with Gasteiger partial charge in [0, 0.05) is 30.1 Å². The lowest BCUT2D eigenvalue weighted by Gasteiger charge is -2.27.